The van der Waals surface area contributed by atoms with Gasteiger partial charge in [-0.05, 0) is 58.8 Å². The Morgan fingerprint density at radius 1 is 1.32 bits per heavy atom. The Bertz CT molecular complexity index is 300. The fraction of sp³-hybridized carbons (Fsp3) is 0.933. The zero-order valence-electron chi connectivity index (χ0n) is 12.4. The van der Waals surface area contributed by atoms with Crippen LogP contribution in [0, 0.1) is 11.3 Å². The van der Waals surface area contributed by atoms with E-state index in [9.17, 15) is 0 Å². The molecule has 0 aromatic carbocycles. The maximum Gasteiger partial charge on any atom is 0.0967 e. The minimum atomic E-state index is 0.0469. The molecule has 0 radical (unpaired) electrons. The van der Waals surface area contributed by atoms with Gasteiger partial charge in [0.05, 0.1) is 12.1 Å². The molecule has 1 aliphatic heterocycles. The number of nitriles is 1. The second kappa shape index (κ2) is 7.23. The minimum Gasteiger partial charge on any atom is -0.303 e. The smallest absolute Gasteiger partial charge is 0.0967 e. The Labute approximate surface area is 117 Å². The molecule has 4 heteroatoms. The molecule has 2 fully saturated rings. The van der Waals surface area contributed by atoms with Gasteiger partial charge in [-0.1, -0.05) is 6.92 Å². The van der Waals surface area contributed by atoms with Crippen LogP contribution in [0.15, 0.2) is 0 Å². The quantitative estimate of drug-likeness (QED) is 0.755. The van der Waals surface area contributed by atoms with Crippen LogP contribution < -0.4 is 5.32 Å². The van der Waals surface area contributed by atoms with E-state index in [1.54, 1.807) is 0 Å². The number of nitrogens with zero attached hydrogens (tertiary/aromatic N) is 3. The first-order valence-electron chi connectivity index (χ1n) is 7.81. The van der Waals surface area contributed by atoms with Gasteiger partial charge in [0.25, 0.3) is 0 Å². The molecule has 0 spiro atoms. The third kappa shape index (κ3) is 4.76. The van der Waals surface area contributed by atoms with E-state index in [2.05, 4.69) is 35.2 Å². The SMILES string of the molecule is CCN1CCC(N(C)CCC(C#N)NC2CC2)CC1. The fourth-order valence-electron chi connectivity index (χ4n) is 2.91. The van der Waals surface area contributed by atoms with Crippen LogP contribution in [0.1, 0.15) is 39.0 Å². The highest BCUT2D eigenvalue weighted by Crippen LogP contribution is 2.20. The van der Waals surface area contributed by atoms with Crippen LogP contribution in [0.2, 0.25) is 0 Å². The monoisotopic (exact) mass is 264 g/mol. The van der Waals surface area contributed by atoms with Crippen LogP contribution >= 0.6 is 0 Å². The standard InChI is InChI=1S/C15H28N4/c1-3-19-10-7-15(8-11-19)18(2)9-6-14(12-16)17-13-4-5-13/h13-15,17H,3-11H2,1-2H3. The van der Waals surface area contributed by atoms with Crippen molar-refractivity contribution in [3.05, 3.63) is 0 Å². The summed E-state index contributed by atoms with van der Waals surface area (Å²) in [5, 5.41) is 12.6. The van der Waals surface area contributed by atoms with Crippen LogP contribution in [0.25, 0.3) is 0 Å². The van der Waals surface area contributed by atoms with E-state index in [1.807, 2.05) is 0 Å². The zero-order valence-corrected chi connectivity index (χ0v) is 12.4. The lowest BCUT2D eigenvalue weighted by molar-refractivity contribution is 0.129. The molecular weight excluding hydrogens is 236 g/mol. The van der Waals surface area contributed by atoms with E-state index in [4.69, 9.17) is 5.26 Å². The van der Waals surface area contributed by atoms with Crippen molar-refractivity contribution in [2.75, 3.05) is 33.2 Å². The van der Waals surface area contributed by atoms with Crippen molar-refractivity contribution >= 4 is 0 Å². The molecule has 0 amide bonds. The van der Waals surface area contributed by atoms with E-state index >= 15 is 0 Å². The van der Waals surface area contributed by atoms with E-state index in [-0.39, 0.29) is 6.04 Å². The van der Waals surface area contributed by atoms with E-state index < -0.39 is 0 Å². The Kier molecular flexibility index (Phi) is 5.62. The van der Waals surface area contributed by atoms with Gasteiger partial charge in [-0.15, -0.1) is 0 Å². The van der Waals surface area contributed by atoms with Gasteiger partial charge in [0, 0.05) is 18.6 Å². The Balaban J connectivity index is 1.65. The summed E-state index contributed by atoms with van der Waals surface area (Å²) in [4.78, 5) is 4.99. The first kappa shape index (κ1) is 14.8. The molecule has 0 bridgehead atoms. The highest BCUT2D eigenvalue weighted by atomic mass is 15.2. The number of likely N-dealkylation sites (tertiary alicyclic amines) is 1. The first-order valence-corrected chi connectivity index (χ1v) is 7.81. The predicted octanol–water partition coefficient (Wildman–Crippen LogP) is 1.44. The van der Waals surface area contributed by atoms with Gasteiger partial charge in [0.1, 0.15) is 0 Å². The van der Waals surface area contributed by atoms with E-state index in [0.717, 1.165) is 13.0 Å². The summed E-state index contributed by atoms with van der Waals surface area (Å²) in [6.07, 6.45) is 6.01. The van der Waals surface area contributed by atoms with Crippen LogP contribution in [-0.4, -0.2) is 61.2 Å². The summed E-state index contributed by atoms with van der Waals surface area (Å²) >= 11 is 0. The molecule has 1 saturated carbocycles. The number of nitrogens with one attached hydrogen (secondary N) is 1. The maximum atomic E-state index is 9.15. The van der Waals surface area contributed by atoms with Gasteiger partial charge < -0.3 is 9.80 Å². The molecule has 19 heavy (non-hydrogen) atoms. The predicted molar refractivity (Wildman–Crippen MR) is 77.9 cm³/mol. The van der Waals surface area contributed by atoms with E-state index in [0.29, 0.717) is 12.1 Å². The minimum absolute atomic E-state index is 0.0469. The van der Waals surface area contributed by atoms with Crippen LogP contribution in [0.3, 0.4) is 0 Å². The molecule has 1 atom stereocenters. The van der Waals surface area contributed by atoms with Gasteiger partial charge in [0.2, 0.25) is 0 Å². The lowest BCUT2D eigenvalue weighted by Crippen LogP contribution is -2.44. The van der Waals surface area contributed by atoms with Crippen molar-refractivity contribution < 1.29 is 0 Å². The van der Waals surface area contributed by atoms with Crippen molar-refractivity contribution in [1.82, 2.24) is 15.1 Å². The summed E-state index contributed by atoms with van der Waals surface area (Å²) in [5.74, 6) is 0. The third-order valence-electron chi connectivity index (χ3n) is 4.57. The number of hydrogen-bond acceptors (Lipinski definition) is 4. The molecule has 0 aromatic rings. The second-order valence-corrected chi connectivity index (χ2v) is 6.06. The molecule has 2 rings (SSSR count). The highest BCUT2D eigenvalue weighted by molar-refractivity contribution is 4.96. The number of hydrogen-bond donors (Lipinski definition) is 1. The van der Waals surface area contributed by atoms with Gasteiger partial charge in [-0.2, -0.15) is 5.26 Å². The van der Waals surface area contributed by atoms with Gasteiger partial charge in [0.15, 0.2) is 0 Å². The largest absolute Gasteiger partial charge is 0.303 e. The van der Waals surface area contributed by atoms with Crippen molar-refractivity contribution in [3.63, 3.8) is 0 Å². The van der Waals surface area contributed by atoms with Gasteiger partial charge >= 0.3 is 0 Å². The lowest BCUT2D eigenvalue weighted by atomic mass is 10.0. The average Bonchev–Trinajstić information content (AvgIpc) is 3.27. The molecule has 4 nitrogen and oxygen atoms in total. The Morgan fingerprint density at radius 2 is 2.00 bits per heavy atom. The second-order valence-electron chi connectivity index (χ2n) is 6.06. The molecule has 1 heterocycles. The van der Waals surface area contributed by atoms with Gasteiger partial charge in [-0.3, -0.25) is 5.32 Å². The summed E-state index contributed by atoms with van der Waals surface area (Å²) in [5.41, 5.74) is 0. The van der Waals surface area contributed by atoms with E-state index in [1.165, 1.54) is 45.3 Å². The molecule has 0 aromatic heterocycles. The molecule has 1 saturated heterocycles. The number of piperidine rings is 1. The molecular formula is C15H28N4. The first-order chi connectivity index (χ1) is 9.22. The third-order valence-corrected chi connectivity index (χ3v) is 4.57. The van der Waals surface area contributed by atoms with Crippen LogP contribution in [0.5, 0.6) is 0 Å². The summed E-state index contributed by atoms with van der Waals surface area (Å²) < 4.78 is 0. The molecule has 1 unspecified atom stereocenters. The Hall–Kier alpha value is -0.630. The highest BCUT2D eigenvalue weighted by Gasteiger charge is 2.26. The zero-order chi connectivity index (χ0) is 13.7. The molecule has 2 aliphatic rings. The fourth-order valence-corrected chi connectivity index (χ4v) is 2.91. The van der Waals surface area contributed by atoms with Crippen molar-refractivity contribution in [2.45, 2.75) is 57.2 Å². The van der Waals surface area contributed by atoms with Crippen molar-refractivity contribution in [2.24, 2.45) is 0 Å². The summed E-state index contributed by atoms with van der Waals surface area (Å²) in [7, 11) is 2.22. The number of rotatable bonds is 7. The summed E-state index contributed by atoms with van der Waals surface area (Å²) in [6.45, 7) is 6.92. The van der Waals surface area contributed by atoms with Crippen LogP contribution in [-0.2, 0) is 0 Å². The summed E-state index contributed by atoms with van der Waals surface area (Å²) in [6, 6.07) is 3.79. The van der Waals surface area contributed by atoms with Crippen LogP contribution in [0.4, 0.5) is 0 Å². The van der Waals surface area contributed by atoms with Crippen molar-refractivity contribution in [1.29, 1.82) is 5.26 Å². The molecule has 1 N–H and O–H groups in total. The topological polar surface area (TPSA) is 42.3 Å². The normalized spacial score (nSPS) is 23.5. The maximum absolute atomic E-state index is 9.15. The lowest BCUT2D eigenvalue weighted by Gasteiger charge is -2.36. The molecule has 1 aliphatic carbocycles. The Morgan fingerprint density at radius 3 is 2.53 bits per heavy atom. The average molecular weight is 264 g/mol. The van der Waals surface area contributed by atoms with Crippen molar-refractivity contribution in [3.8, 4) is 6.07 Å². The molecule has 108 valence electrons. The van der Waals surface area contributed by atoms with Gasteiger partial charge in [-0.25, -0.2) is 0 Å².